The van der Waals surface area contributed by atoms with E-state index in [2.05, 4.69) is 39.6 Å². The third kappa shape index (κ3) is 2.86. The van der Waals surface area contributed by atoms with Gasteiger partial charge in [0.15, 0.2) is 0 Å². The highest BCUT2D eigenvalue weighted by molar-refractivity contribution is 9.10. The lowest BCUT2D eigenvalue weighted by Gasteiger charge is -2.21. The zero-order valence-corrected chi connectivity index (χ0v) is 14.1. The summed E-state index contributed by atoms with van der Waals surface area (Å²) in [4.78, 5) is 4.93. The Morgan fingerprint density at radius 1 is 1.19 bits per heavy atom. The summed E-state index contributed by atoms with van der Waals surface area (Å²) in [6, 6.07) is 8.24. The zero-order valence-electron chi connectivity index (χ0n) is 12.5. The van der Waals surface area contributed by atoms with Crippen molar-refractivity contribution in [3.8, 4) is 11.3 Å². The molecule has 21 heavy (non-hydrogen) atoms. The van der Waals surface area contributed by atoms with Gasteiger partial charge in [-0.2, -0.15) is 0 Å². The van der Waals surface area contributed by atoms with Crippen LogP contribution in [0.4, 0.5) is 5.82 Å². The Balaban J connectivity index is 2.02. The van der Waals surface area contributed by atoms with Crippen molar-refractivity contribution < 1.29 is 0 Å². The van der Waals surface area contributed by atoms with Crippen LogP contribution in [0.3, 0.4) is 0 Å². The third-order valence-electron chi connectivity index (χ3n) is 4.44. The molecule has 2 aromatic rings. The highest BCUT2D eigenvalue weighted by Gasteiger charge is 2.24. The summed E-state index contributed by atoms with van der Waals surface area (Å²) >= 11 is 3.48. The first-order valence-corrected chi connectivity index (χ1v) is 8.61. The van der Waals surface area contributed by atoms with Gasteiger partial charge in [0.05, 0.1) is 0 Å². The third-order valence-corrected chi connectivity index (χ3v) is 4.97. The van der Waals surface area contributed by atoms with Crippen molar-refractivity contribution in [2.24, 2.45) is 0 Å². The second kappa shape index (κ2) is 6.22. The Kier molecular flexibility index (Phi) is 4.34. The molecule has 0 spiro atoms. The van der Waals surface area contributed by atoms with E-state index in [0.29, 0.717) is 5.92 Å². The first-order chi connectivity index (χ1) is 10.2. The monoisotopic (exact) mass is 347 g/mol. The number of nitrogens with two attached hydrogens (primary N) is 1. The predicted molar refractivity (Wildman–Crippen MR) is 91.3 cm³/mol. The minimum Gasteiger partial charge on any atom is -0.383 e. The van der Waals surface area contributed by atoms with Gasteiger partial charge in [0.25, 0.3) is 0 Å². The number of hydrogen-bond donors (Lipinski definition) is 1. The molecule has 0 radical (unpaired) electrons. The van der Waals surface area contributed by atoms with E-state index in [1.165, 1.54) is 37.9 Å². The molecule has 2 N–H and O–H groups in total. The highest BCUT2D eigenvalue weighted by atomic mass is 79.9. The number of nitrogen functional groups attached to an aromatic ring is 1. The summed E-state index contributed by atoms with van der Waals surface area (Å²) in [5, 5.41) is 0. The largest absolute Gasteiger partial charge is 0.383 e. The molecule has 1 aromatic heterocycles. The molecular formula is C17H22BrN3. The van der Waals surface area contributed by atoms with Gasteiger partial charge in [0.1, 0.15) is 17.3 Å². The van der Waals surface area contributed by atoms with E-state index in [0.717, 1.165) is 28.1 Å². The first kappa shape index (κ1) is 14.6. The molecule has 1 saturated carbocycles. The minimum atomic E-state index is 0.574. The molecule has 1 heterocycles. The summed E-state index contributed by atoms with van der Waals surface area (Å²) in [5.74, 6) is 2.57. The van der Waals surface area contributed by atoms with Crippen LogP contribution in [0.25, 0.3) is 11.3 Å². The fourth-order valence-corrected chi connectivity index (χ4v) is 3.57. The predicted octanol–water partition coefficient (Wildman–Crippen LogP) is 4.96. The van der Waals surface area contributed by atoms with E-state index in [1.807, 2.05) is 12.1 Å². The summed E-state index contributed by atoms with van der Waals surface area (Å²) in [6.07, 6.45) is 6.48. The molecule has 1 fully saturated rings. The molecule has 0 atom stereocenters. The number of aromatic nitrogens is 2. The van der Waals surface area contributed by atoms with Crippen LogP contribution in [0, 0.1) is 0 Å². The topological polar surface area (TPSA) is 43.8 Å². The minimum absolute atomic E-state index is 0.574. The fourth-order valence-electron chi connectivity index (χ4n) is 3.31. The van der Waals surface area contributed by atoms with Gasteiger partial charge in [-0.05, 0) is 31.9 Å². The van der Waals surface area contributed by atoms with Crippen molar-refractivity contribution in [2.75, 3.05) is 5.73 Å². The lowest BCUT2D eigenvalue weighted by atomic mass is 9.88. The van der Waals surface area contributed by atoms with Gasteiger partial charge in [-0.15, -0.1) is 0 Å². The average Bonchev–Trinajstić information content (AvgIpc) is 2.86. The average molecular weight is 348 g/mol. The number of imidazole rings is 1. The zero-order chi connectivity index (χ0) is 14.8. The molecule has 0 unspecified atom stereocenters. The summed E-state index contributed by atoms with van der Waals surface area (Å²) < 4.78 is 3.28. The van der Waals surface area contributed by atoms with Crippen molar-refractivity contribution in [3.63, 3.8) is 0 Å². The van der Waals surface area contributed by atoms with E-state index in [1.54, 1.807) is 0 Å². The molecule has 112 valence electrons. The molecule has 0 saturated heterocycles. The van der Waals surface area contributed by atoms with Crippen LogP contribution in [-0.4, -0.2) is 9.55 Å². The molecule has 3 nitrogen and oxygen atoms in total. The SMILES string of the molecule is CCn1c(C2CCCCC2)nc(-c2ccc(Br)cc2)c1N. The van der Waals surface area contributed by atoms with Crippen LogP contribution in [0.2, 0.25) is 0 Å². The van der Waals surface area contributed by atoms with Gasteiger partial charge >= 0.3 is 0 Å². The standard InChI is InChI=1S/C17H22BrN3/c1-2-21-16(19)15(12-8-10-14(18)11-9-12)20-17(21)13-6-4-3-5-7-13/h8-11,13H,2-7,19H2,1H3. The van der Waals surface area contributed by atoms with Gasteiger partial charge in [-0.3, -0.25) is 0 Å². The molecular weight excluding hydrogens is 326 g/mol. The molecule has 0 bridgehead atoms. The number of anilines is 1. The number of hydrogen-bond acceptors (Lipinski definition) is 2. The number of nitrogens with zero attached hydrogens (tertiary/aromatic N) is 2. The van der Waals surface area contributed by atoms with E-state index in [4.69, 9.17) is 10.7 Å². The van der Waals surface area contributed by atoms with Crippen molar-refractivity contribution in [1.29, 1.82) is 0 Å². The number of rotatable bonds is 3. The lowest BCUT2D eigenvalue weighted by Crippen LogP contribution is -2.12. The van der Waals surface area contributed by atoms with Gasteiger partial charge in [0.2, 0.25) is 0 Å². The molecule has 0 aliphatic heterocycles. The Hall–Kier alpha value is -1.29. The maximum Gasteiger partial charge on any atom is 0.131 e. The van der Waals surface area contributed by atoms with Crippen LogP contribution < -0.4 is 5.73 Å². The molecule has 4 heteroatoms. The Morgan fingerprint density at radius 3 is 2.48 bits per heavy atom. The maximum atomic E-state index is 6.38. The molecule has 0 amide bonds. The van der Waals surface area contributed by atoms with Crippen LogP contribution in [0.1, 0.15) is 50.8 Å². The Bertz CT molecular complexity index is 610. The van der Waals surface area contributed by atoms with Crippen LogP contribution in [-0.2, 0) is 6.54 Å². The van der Waals surface area contributed by atoms with Crippen molar-refractivity contribution in [3.05, 3.63) is 34.6 Å². The summed E-state index contributed by atoms with van der Waals surface area (Å²) in [6.45, 7) is 3.04. The Morgan fingerprint density at radius 2 is 1.86 bits per heavy atom. The quantitative estimate of drug-likeness (QED) is 0.852. The maximum absolute atomic E-state index is 6.38. The fraction of sp³-hybridized carbons (Fsp3) is 0.471. The van der Waals surface area contributed by atoms with E-state index in [-0.39, 0.29) is 0 Å². The van der Waals surface area contributed by atoms with Crippen LogP contribution in [0.15, 0.2) is 28.7 Å². The normalized spacial score (nSPS) is 16.3. The van der Waals surface area contributed by atoms with Crippen molar-refractivity contribution in [1.82, 2.24) is 9.55 Å². The van der Waals surface area contributed by atoms with Gasteiger partial charge in [0, 0.05) is 22.5 Å². The smallest absolute Gasteiger partial charge is 0.131 e. The summed E-state index contributed by atoms with van der Waals surface area (Å²) in [7, 11) is 0. The van der Waals surface area contributed by atoms with E-state index in [9.17, 15) is 0 Å². The molecule has 3 rings (SSSR count). The highest BCUT2D eigenvalue weighted by Crippen LogP contribution is 2.36. The molecule has 1 aliphatic rings. The van der Waals surface area contributed by atoms with E-state index >= 15 is 0 Å². The van der Waals surface area contributed by atoms with Crippen LogP contribution in [0.5, 0.6) is 0 Å². The van der Waals surface area contributed by atoms with Crippen molar-refractivity contribution >= 4 is 21.7 Å². The molecule has 1 aliphatic carbocycles. The lowest BCUT2D eigenvalue weighted by molar-refractivity contribution is 0.418. The van der Waals surface area contributed by atoms with Gasteiger partial charge < -0.3 is 10.3 Å². The summed E-state index contributed by atoms with van der Waals surface area (Å²) in [5.41, 5.74) is 8.41. The van der Waals surface area contributed by atoms with Crippen molar-refractivity contribution in [2.45, 2.75) is 51.5 Å². The van der Waals surface area contributed by atoms with Crippen LogP contribution >= 0.6 is 15.9 Å². The second-order valence-electron chi connectivity index (χ2n) is 5.79. The Labute approximate surface area is 134 Å². The van der Waals surface area contributed by atoms with E-state index < -0.39 is 0 Å². The molecule has 1 aromatic carbocycles. The van der Waals surface area contributed by atoms with Gasteiger partial charge in [-0.25, -0.2) is 4.98 Å². The first-order valence-electron chi connectivity index (χ1n) is 7.82. The number of benzene rings is 1. The number of halogens is 1. The second-order valence-corrected chi connectivity index (χ2v) is 6.71. The van der Waals surface area contributed by atoms with Gasteiger partial charge in [-0.1, -0.05) is 47.3 Å².